The molecule has 0 aromatic heterocycles. The maximum absolute atomic E-state index is 11.5. The number of ketones is 1. The molecule has 0 radical (unpaired) electrons. The van der Waals surface area contributed by atoms with Gasteiger partial charge < -0.3 is 9.53 Å². The lowest BCUT2D eigenvalue weighted by Crippen LogP contribution is -2.41. The summed E-state index contributed by atoms with van der Waals surface area (Å²) in [6.07, 6.45) is 1.71. The van der Waals surface area contributed by atoms with Gasteiger partial charge in [-0.1, -0.05) is 13.8 Å². The van der Waals surface area contributed by atoms with Crippen LogP contribution >= 0.6 is 0 Å². The standard InChI is InChI=1S/C12H18O4/c1-12(2)8(6-11(15)16-3)4-10(14)5-9(12)7-13/h7-9H,4-6H2,1-3H3/t8-,9+/m0/s1. The molecule has 0 unspecified atom stereocenters. The van der Waals surface area contributed by atoms with Crippen LogP contribution in [0.2, 0.25) is 0 Å². The maximum atomic E-state index is 11.5. The summed E-state index contributed by atoms with van der Waals surface area (Å²) in [7, 11) is 1.33. The number of methoxy groups -OCH3 is 1. The molecule has 4 nitrogen and oxygen atoms in total. The van der Waals surface area contributed by atoms with Gasteiger partial charge in [-0.25, -0.2) is 0 Å². The lowest BCUT2D eigenvalue weighted by molar-refractivity contribution is -0.146. The summed E-state index contributed by atoms with van der Waals surface area (Å²) >= 11 is 0. The maximum Gasteiger partial charge on any atom is 0.305 e. The molecule has 0 spiro atoms. The Hall–Kier alpha value is -1.19. The van der Waals surface area contributed by atoms with Gasteiger partial charge in [-0.3, -0.25) is 9.59 Å². The average Bonchev–Trinajstić information content (AvgIpc) is 2.22. The predicted molar refractivity (Wildman–Crippen MR) is 57.7 cm³/mol. The second kappa shape index (κ2) is 4.76. The van der Waals surface area contributed by atoms with E-state index < -0.39 is 0 Å². The topological polar surface area (TPSA) is 60.4 Å². The van der Waals surface area contributed by atoms with E-state index in [-0.39, 0.29) is 35.4 Å². The molecule has 2 atom stereocenters. The highest BCUT2D eigenvalue weighted by Crippen LogP contribution is 2.44. The first-order valence-corrected chi connectivity index (χ1v) is 5.45. The highest BCUT2D eigenvalue weighted by molar-refractivity contribution is 5.84. The number of hydrogen-bond donors (Lipinski definition) is 0. The van der Waals surface area contributed by atoms with Crippen LogP contribution in [-0.4, -0.2) is 25.1 Å². The van der Waals surface area contributed by atoms with Gasteiger partial charge in [0.2, 0.25) is 0 Å². The predicted octanol–water partition coefficient (Wildman–Crippen LogP) is 1.37. The molecule has 1 aliphatic rings. The Balaban J connectivity index is 2.84. The van der Waals surface area contributed by atoms with Gasteiger partial charge in [0.15, 0.2) is 0 Å². The number of hydrogen-bond acceptors (Lipinski definition) is 4. The third-order valence-electron chi connectivity index (χ3n) is 3.73. The number of ether oxygens (including phenoxy) is 1. The normalized spacial score (nSPS) is 28.6. The Morgan fingerprint density at radius 2 is 2.12 bits per heavy atom. The van der Waals surface area contributed by atoms with E-state index in [4.69, 9.17) is 0 Å². The molecule has 0 heterocycles. The van der Waals surface area contributed by atoms with Crippen LogP contribution in [0.25, 0.3) is 0 Å². The summed E-state index contributed by atoms with van der Waals surface area (Å²) < 4.78 is 4.61. The fourth-order valence-electron chi connectivity index (χ4n) is 2.28. The quantitative estimate of drug-likeness (QED) is 0.538. The second-order valence-corrected chi connectivity index (χ2v) is 4.99. The molecule has 1 saturated carbocycles. The Morgan fingerprint density at radius 3 is 2.62 bits per heavy atom. The first kappa shape index (κ1) is 12.9. The van der Waals surface area contributed by atoms with Crippen LogP contribution in [-0.2, 0) is 19.1 Å². The summed E-state index contributed by atoms with van der Waals surface area (Å²) in [6.45, 7) is 3.87. The van der Waals surface area contributed by atoms with Gasteiger partial charge in [0.25, 0.3) is 0 Å². The molecular weight excluding hydrogens is 208 g/mol. The first-order valence-electron chi connectivity index (χ1n) is 5.45. The Bertz CT molecular complexity index is 306. The van der Waals surface area contributed by atoms with Crippen LogP contribution in [0.1, 0.15) is 33.1 Å². The zero-order valence-corrected chi connectivity index (χ0v) is 9.99. The second-order valence-electron chi connectivity index (χ2n) is 4.99. The van der Waals surface area contributed by atoms with E-state index in [0.717, 1.165) is 6.29 Å². The molecule has 0 bridgehead atoms. The summed E-state index contributed by atoms with van der Waals surface area (Å²) in [6, 6.07) is 0. The van der Waals surface area contributed by atoms with Crippen molar-refractivity contribution in [1.82, 2.24) is 0 Å². The van der Waals surface area contributed by atoms with E-state index in [2.05, 4.69) is 4.74 Å². The number of carbonyl (C=O) groups is 3. The molecule has 0 amide bonds. The van der Waals surface area contributed by atoms with Gasteiger partial charge in [-0.05, 0) is 11.3 Å². The van der Waals surface area contributed by atoms with Crippen LogP contribution in [0.5, 0.6) is 0 Å². The smallest absolute Gasteiger partial charge is 0.305 e. The largest absolute Gasteiger partial charge is 0.469 e. The molecule has 0 aromatic rings. The molecule has 90 valence electrons. The van der Waals surface area contributed by atoms with Crippen LogP contribution in [0, 0.1) is 17.3 Å². The summed E-state index contributed by atoms with van der Waals surface area (Å²) in [5.41, 5.74) is -0.316. The lowest BCUT2D eigenvalue weighted by Gasteiger charge is -2.41. The van der Waals surface area contributed by atoms with Crippen molar-refractivity contribution < 1.29 is 19.1 Å². The van der Waals surface area contributed by atoms with Crippen LogP contribution in [0.4, 0.5) is 0 Å². The minimum atomic E-state index is -0.322. The molecule has 0 aromatic carbocycles. The Morgan fingerprint density at radius 1 is 1.50 bits per heavy atom. The summed E-state index contributed by atoms with van der Waals surface area (Å²) in [5.74, 6) is -0.650. The number of rotatable bonds is 3. The third kappa shape index (κ3) is 2.49. The molecule has 1 rings (SSSR count). The van der Waals surface area contributed by atoms with Crippen molar-refractivity contribution in [2.45, 2.75) is 33.1 Å². The van der Waals surface area contributed by atoms with E-state index in [1.807, 2.05) is 13.8 Å². The van der Waals surface area contributed by atoms with Crippen molar-refractivity contribution in [2.75, 3.05) is 7.11 Å². The van der Waals surface area contributed by atoms with Crippen molar-refractivity contribution >= 4 is 18.0 Å². The average molecular weight is 226 g/mol. The minimum Gasteiger partial charge on any atom is -0.469 e. The number of aldehydes is 1. The van der Waals surface area contributed by atoms with Gasteiger partial charge in [0.05, 0.1) is 7.11 Å². The molecule has 4 heteroatoms. The zero-order chi connectivity index (χ0) is 12.3. The van der Waals surface area contributed by atoms with E-state index in [0.29, 0.717) is 12.8 Å². The fraction of sp³-hybridized carbons (Fsp3) is 0.750. The van der Waals surface area contributed by atoms with Gasteiger partial charge in [0, 0.05) is 25.2 Å². The van der Waals surface area contributed by atoms with Crippen molar-refractivity contribution in [3.63, 3.8) is 0 Å². The van der Waals surface area contributed by atoms with Crippen LogP contribution < -0.4 is 0 Å². The van der Waals surface area contributed by atoms with Gasteiger partial charge in [-0.2, -0.15) is 0 Å². The van der Waals surface area contributed by atoms with Gasteiger partial charge in [0.1, 0.15) is 12.1 Å². The van der Waals surface area contributed by atoms with Gasteiger partial charge >= 0.3 is 5.97 Å². The highest BCUT2D eigenvalue weighted by atomic mass is 16.5. The fourth-order valence-corrected chi connectivity index (χ4v) is 2.28. The molecule has 0 aliphatic heterocycles. The number of carbonyl (C=O) groups excluding carboxylic acids is 3. The van der Waals surface area contributed by atoms with Gasteiger partial charge in [-0.15, -0.1) is 0 Å². The summed E-state index contributed by atoms with van der Waals surface area (Å²) in [5, 5.41) is 0. The van der Waals surface area contributed by atoms with Crippen molar-refractivity contribution in [3.8, 4) is 0 Å². The monoisotopic (exact) mass is 226 g/mol. The van der Waals surface area contributed by atoms with E-state index in [9.17, 15) is 14.4 Å². The third-order valence-corrected chi connectivity index (χ3v) is 3.73. The SMILES string of the molecule is COC(=O)C[C@@H]1CC(=O)C[C@H](C=O)C1(C)C. The van der Waals surface area contributed by atoms with Crippen molar-refractivity contribution in [3.05, 3.63) is 0 Å². The Labute approximate surface area is 95.3 Å². The van der Waals surface area contributed by atoms with Crippen molar-refractivity contribution in [2.24, 2.45) is 17.3 Å². The molecule has 0 saturated heterocycles. The molecule has 1 aliphatic carbocycles. The van der Waals surface area contributed by atoms with Crippen molar-refractivity contribution in [1.29, 1.82) is 0 Å². The number of esters is 1. The van der Waals surface area contributed by atoms with E-state index in [1.54, 1.807) is 0 Å². The molecule has 16 heavy (non-hydrogen) atoms. The number of Topliss-reactive ketones (excluding diaryl/α,β-unsaturated/α-hetero) is 1. The zero-order valence-electron chi connectivity index (χ0n) is 9.99. The van der Waals surface area contributed by atoms with E-state index >= 15 is 0 Å². The highest BCUT2D eigenvalue weighted by Gasteiger charge is 2.44. The Kier molecular flexibility index (Phi) is 3.83. The van der Waals surface area contributed by atoms with E-state index in [1.165, 1.54) is 7.11 Å². The minimum absolute atomic E-state index is 0.0605. The van der Waals surface area contributed by atoms with Crippen LogP contribution in [0.15, 0.2) is 0 Å². The lowest BCUT2D eigenvalue weighted by atomic mass is 9.61. The molecule has 1 fully saturated rings. The molecular formula is C12H18O4. The molecule has 0 N–H and O–H groups in total. The summed E-state index contributed by atoms with van der Waals surface area (Å²) in [4.78, 5) is 33.7. The van der Waals surface area contributed by atoms with Crippen LogP contribution in [0.3, 0.4) is 0 Å². The first-order chi connectivity index (χ1) is 7.41.